The number of hydrogen-bond acceptors (Lipinski definition) is 7. The summed E-state index contributed by atoms with van der Waals surface area (Å²) in [6, 6.07) is 8.48. The zero-order chi connectivity index (χ0) is 19.4. The van der Waals surface area contributed by atoms with E-state index in [4.69, 9.17) is 39.9 Å². The molecule has 1 saturated heterocycles. The van der Waals surface area contributed by atoms with Gasteiger partial charge >= 0.3 is 0 Å². The molecule has 146 valence electrons. The minimum atomic E-state index is -1.75. The number of aryl methyl sites for hydroxylation is 1. The van der Waals surface area contributed by atoms with Crippen molar-refractivity contribution in [1.29, 1.82) is 0 Å². The van der Waals surface area contributed by atoms with Gasteiger partial charge in [0.25, 0.3) is 0 Å². The van der Waals surface area contributed by atoms with E-state index in [9.17, 15) is 0 Å². The van der Waals surface area contributed by atoms with Crippen LogP contribution < -0.4 is 15.1 Å². The second-order valence-electron chi connectivity index (χ2n) is 6.24. The predicted octanol–water partition coefficient (Wildman–Crippen LogP) is 2.74. The zero-order valence-corrected chi connectivity index (χ0v) is 17.1. The van der Waals surface area contributed by atoms with Crippen LogP contribution in [0.15, 0.2) is 24.3 Å². The second kappa shape index (κ2) is 8.65. The third-order valence-corrected chi connectivity index (χ3v) is 4.74. The third-order valence-electron chi connectivity index (χ3n) is 4.23. The fourth-order valence-corrected chi connectivity index (χ4v) is 3.05. The van der Waals surface area contributed by atoms with Gasteiger partial charge in [-0.05, 0) is 19.1 Å². The van der Waals surface area contributed by atoms with Crippen LogP contribution in [-0.4, -0.2) is 59.4 Å². The first kappa shape index (κ1) is 20.2. The Morgan fingerprint density at radius 2 is 1.63 bits per heavy atom. The van der Waals surface area contributed by atoms with Crippen molar-refractivity contribution in [2.75, 3.05) is 54.4 Å². The van der Waals surface area contributed by atoms with Crippen molar-refractivity contribution in [3.8, 4) is 0 Å². The average molecular weight is 432 g/mol. The lowest BCUT2D eigenvalue weighted by atomic mass is 10.2. The number of aliphatic hydroxyl groups excluding tert-OH is 1. The molecule has 3 rings (SSSR count). The topological polar surface area (TPSA) is 77.4 Å². The van der Waals surface area contributed by atoms with Crippen molar-refractivity contribution in [3.05, 3.63) is 35.7 Å². The molecule has 1 aromatic heterocycles. The first-order valence-electron chi connectivity index (χ1n) is 8.61. The van der Waals surface area contributed by atoms with E-state index in [1.807, 2.05) is 4.90 Å². The number of benzene rings is 1. The fourth-order valence-electron chi connectivity index (χ4n) is 2.80. The van der Waals surface area contributed by atoms with Crippen LogP contribution in [0.4, 0.5) is 17.6 Å². The number of aliphatic hydroxyl groups is 1. The molecule has 1 aliphatic heterocycles. The Morgan fingerprint density at radius 3 is 2.22 bits per heavy atom. The Labute approximate surface area is 173 Å². The van der Waals surface area contributed by atoms with Gasteiger partial charge in [-0.25, -0.2) is 0 Å². The Morgan fingerprint density at radius 1 is 1.00 bits per heavy atom. The normalized spacial score (nSPS) is 15.1. The maximum Gasteiger partial charge on any atom is 0.250 e. The second-order valence-corrected chi connectivity index (χ2v) is 8.52. The highest BCUT2D eigenvalue weighted by Gasteiger charge is 2.30. The van der Waals surface area contributed by atoms with E-state index in [0.717, 1.165) is 26.2 Å². The Hall–Kier alpha value is -1.54. The lowest BCUT2D eigenvalue weighted by Gasteiger charge is -2.36. The summed E-state index contributed by atoms with van der Waals surface area (Å²) in [6.07, 6.45) is 0. The van der Waals surface area contributed by atoms with Crippen LogP contribution in [0.25, 0.3) is 0 Å². The van der Waals surface area contributed by atoms with E-state index < -0.39 is 3.79 Å². The summed E-state index contributed by atoms with van der Waals surface area (Å²) < 4.78 is -1.75. The van der Waals surface area contributed by atoms with E-state index in [2.05, 4.69) is 56.4 Å². The predicted molar refractivity (Wildman–Crippen MR) is 110 cm³/mol. The molecule has 2 aromatic rings. The maximum absolute atomic E-state index is 9.00. The molecular formula is C17H21Cl3N6O. The van der Waals surface area contributed by atoms with E-state index in [0.29, 0.717) is 12.5 Å². The number of nitrogens with one attached hydrogen (secondary N) is 1. The molecule has 10 heteroatoms. The van der Waals surface area contributed by atoms with Gasteiger partial charge in [-0.1, -0.05) is 52.5 Å². The molecule has 0 aliphatic carbocycles. The molecule has 2 heterocycles. The number of hydrogen-bond donors (Lipinski definition) is 2. The highest BCUT2D eigenvalue weighted by atomic mass is 35.6. The van der Waals surface area contributed by atoms with Crippen molar-refractivity contribution in [2.45, 2.75) is 10.7 Å². The molecular weight excluding hydrogens is 411 g/mol. The van der Waals surface area contributed by atoms with Crippen LogP contribution >= 0.6 is 34.8 Å². The number of anilines is 3. The number of aromatic nitrogens is 3. The van der Waals surface area contributed by atoms with Crippen molar-refractivity contribution >= 4 is 52.4 Å². The van der Waals surface area contributed by atoms with Gasteiger partial charge in [-0.15, -0.1) is 0 Å². The summed E-state index contributed by atoms with van der Waals surface area (Å²) in [5.74, 6) is 0.783. The highest BCUT2D eigenvalue weighted by molar-refractivity contribution is 6.66. The van der Waals surface area contributed by atoms with Crippen LogP contribution in [-0.2, 0) is 3.79 Å². The molecule has 0 spiro atoms. The van der Waals surface area contributed by atoms with Gasteiger partial charge < -0.3 is 20.2 Å². The first-order chi connectivity index (χ1) is 12.9. The number of piperazine rings is 1. The molecule has 27 heavy (non-hydrogen) atoms. The van der Waals surface area contributed by atoms with Crippen molar-refractivity contribution in [2.24, 2.45) is 0 Å². The molecule has 2 N–H and O–H groups in total. The summed E-state index contributed by atoms with van der Waals surface area (Å²) in [7, 11) is 0. The van der Waals surface area contributed by atoms with Crippen LogP contribution in [0, 0.1) is 6.92 Å². The van der Waals surface area contributed by atoms with Crippen LogP contribution in [0.3, 0.4) is 0 Å². The summed E-state index contributed by atoms with van der Waals surface area (Å²) >= 11 is 17.9. The molecule has 1 aromatic carbocycles. The lowest BCUT2D eigenvalue weighted by molar-refractivity contribution is 0.310. The van der Waals surface area contributed by atoms with Crippen molar-refractivity contribution in [1.82, 2.24) is 15.0 Å². The third kappa shape index (κ3) is 5.25. The molecule has 0 bridgehead atoms. The number of rotatable bonds is 5. The minimum Gasteiger partial charge on any atom is -0.395 e. The quantitative estimate of drug-likeness (QED) is 0.705. The number of halogens is 3. The summed E-state index contributed by atoms with van der Waals surface area (Å²) in [5, 5.41) is 11.9. The van der Waals surface area contributed by atoms with Crippen LogP contribution in [0.2, 0.25) is 0 Å². The van der Waals surface area contributed by atoms with E-state index >= 15 is 0 Å². The number of nitrogens with zero attached hydrogens (tertiary/aromatic N) is 5. The van der Waals surface area contributed by atoms with Gasteiger partial charge in [0.1, 0.15) is 0 Å². The van der Waals surface area contributed by atoms with Gasteiger partial charge in [-0.2, -0.15) is 15.0 Å². The van der Waals surface area contributed by atoms with Gasteiger partial charge in [0.15, 0.2) is 5.82 Å². The molecule has 7 nitrogen and oxygen atoms in total. The average Bonchev–Trinajstić information content (AvgIpc) is 2.66. The molecule has 0 radical (unpaired) electrons. The molecule has 0 amide bonds. The minimum absolute atomic E-state index is 0.0545. The molecule has 0 saturated carbocycles. The SMILES string of the molecule is Cc1ccc(N2CCN(c3nc(NCCO)nc(C(Cl)(Cl)Cl)n3)CC2)cc1. The van der Waals surface area contributed by atoms with E-state index in [1.54, 1.807) is 0 Å². The van der Waals surface area contributed by atoms with Gasteiger partial charge in [-0.3, -0.25) is 0 Å². The van der Waals surface area contributed by atoms with Crippen molar-refractivity contribution in [3.63, 3.8) is 0 Å². The van der Waals surface area contributed by atoms with Gasteiger partial charge in [0, 0.05) is 38.4 Å². The molecule has 1 fully saturated rings. The standard InChI is InChI=1S/C17H21Cl3N6O/c1-12-2-4-13(5-3-12)25-7-9-26(10-8-25)16-23-14(17(18,19)20)22-15(24-16)21-6-11-27/h2-5,27H,6-11H2,1H3,(H,21,22,23,24). The van der Waals surface area contributed by atoms with Gasteiger partial charge in [0.05, 0.1) is 6.61 Å². The first-order valence-corrected chi connectivity index (χ1v) is 9.75. The summed E-state index contributed by atoms with van der Waals surface area (Å²) in [4.78, 5) is 17.2. The van der Waals surface area contributed by atoms with Crippen LogP contribution in [0.5, 0.6) is 0 Å². The van der Waals surface area contributed by atoms with E-state index in [-0.39, 0.29) is 18.4 Å². The smallest absolute Gasteiger partial charge is 0.250 e. The molecule has 1 aliphatic rings. The zero-order valence-electron chi connectivity index (χ0n) is 14.9. The van der Waals surface area contributed by atoms with Crippen LogP contribution in [0.1, 0.15) is 11.4 Å². The monoisotopic (exact) mass is 430 g/mol. The van der Waals surface area contributed by atoms with Gasteiger partial charge in [0.2, 0.25) is 15.7 Å². The lowest BCUT2D eigenvalue weighted by Crippen LogP contribution is -2.47. The largest absolute Gasteiger partial charge is 0.395 e. The molecule has 0 unspecified atom stereocenters. The summed E-state index contributed by atoms with van der Waals surface area (Å²) in [6.45, 7) is 5.44. The van der Waals surface area contributed by atoms with E-state index in [1.165, 1.54) is 11.3 Å². The Balaban J connectivity index is 1.75. The Kier molecular flexibility index (Phi) is 6.47. The highest BCUT2D eigenvalue weighted by Crippen LogP contribution is 2.36. The maximum atomic E-state index is 9.00. The van der Waals surface area contributed by atoms with Crippen molar-refractivity contribution < 1.29 is 5.11 Å². The molecule has 0 atom stereocenters. The fraction of sp³-hybridized carbons (Fsp3) is 0.471. The number of alkyl halides is 3. The Bertz CT molecular complexity index is 760. The summed E-state index contributed by atoms with van der Waals surface area (Å²) in [5.41, 5.74) is 2.44.